The minimum absolute atomic E-state index is 0.544. The van der Waals surface area contributed by atoms with Crippen molar-refractivity contribution in [3.8, 4) is 11.5 Å². The van der Waals surface area contributed by atoms with Crippen LogP contribution >= 0.6 is 11.6 Å². The van der Waals surface area contributed by atoms with Gasteiger partial charge in [0.05, 0.1) is 5.52 Å². The fraction of sp³-hybridized carbons (Fsp3) is 0.176. The molecule has 0 unspecified atom stereocenters. The summed E-state index contributed by atoms with van der Waals surface area (Å²) in [7, 11) is 0. The second-order valence-corrected chi connectivity index (χ2v) is 5.68. The number of nitrogens with zero attached hydrogens (tertiary/aromatic N) is 2. The number of hydrogen-bond acceptors (Lipinski definition) is 5. The number of aromatic nitrogens is 2. The van der Waals surface area contributed by atoms with Crippen LogP contribution in [0.15, 0.2) is 36.7 Å². The number of anilines is 2. The fourth-order valence-electron chi connectivity index (χ4n) is 2.56. The molecule has 6 heteroatoms. The summed E-state index contributed by atoms with van der Waals surface area (Å²) >= 11 is 6.18. The maximum absolute atomic E-state index is 6.18. The van der Waals surface area contributed by atoms with E-state index in [1.807, 2.05) is 37.3 Å². The first-order valence-corrected chi connectivity index (χ1v) is 7.66. The first-order chi connectivity index (χ1) is 11.2. The molecule has 1 aliphatic rings. The van der Waals surface area contributed by atoms with Gasteiger partial charge in [-0.15, -0.1) is 0 Å². The van der Waals surface area contributed by atoms with Gasteiger partial charge in [-0.2, -0.15) is 0 Å². The Morgan fingerprint density at radius 2 is 1.87 bits per heavy atom. The van der Waals surface area contributed by atoms with Gasteiger partial charge in [0, 0.05) is 22.2 Å². The maximum atomic E-state index is 6.18. The van der Waals surface area contributed by atoms with Gasteiger partial charge in [0.25, 0.3) is 0 Å². The number of halogens is 1. The van der Waals surface area contributed by atoms with Crippen molar-refractivity contribution in [3.05, 3.63) is 47.2 Å². The summed E-state index contributed by atoms with van der Waals surface area (Å²) in [4.78, 5) is 8.68. The Hall–Kier alpha value is -2.53. The topological polar surface area (TPSA) is 56.3 Å². The van der Waals surface area contributed by atoms with E-state index in [0.29, 0.717) is 35.6 Å². The SMILES string of the molecule is Cc1c(Cl)cccc1Nc1ncnc2cc3c(cc12)OCCO3. The minimum atomic E-state index is 0.544. The molecule has 0 saturated heterocycles. The zero-order valence-electron chi connectivity index (χ0n) is 12.5. The van der Waals surface area contributed by atoms with Crippen LogP contribution < -0.4 is 14.8 Å². The number of fused-ring (bicyclic) bond motifs is 2. The molecule has 0 spiro atoms. The monoisotopic (exact) mass is 327 g/mol. The number of benzene rings is 2. The van der Waals surface area contributed by atoms with Crippen LogP contribution in [-0.2, 0) is 0 Å². The van der Waals surface area contributed by atoms with E-state index in [1.165, 1.54) is 6.33 Å². The van der Waals surface area contributed by atoms with Gasteiger partial charge in [0.2, 0.25) is 0 Å². The van der Waals surface area contributed by atoms with E-state index in [9.17, 15) is 0 Å². The average molecular weight is 328 g/mol. The van der Waals surface area contributed by atoms with E-state index in [4.69, 9.17) is 21.1 Å². The van der Waals surface area contributed by atoms with Crippen molar-refractivity contribution < 1.29 is 9.47 Å². The predicted octanol–water partition coefficient (Wildman–Crippen LogP) is 4.11. The highest BCUT2D eigenvalue weighted by molar-refractivity contribution is 6.31. The van der Waals surface area contributed by atoms with Crippen LogP contribution in [0, 0.1) is 6.92 Å². The Bertz CT molecular complexity index is 898. The molecular formula is C17H14ClN3O2. The lowest BCUT2D eigenvalue weighted by atomic mass is 10.1. The molecule has 1 N–H and O–H groups in total. The Kier molecular flexibility index (Phi) is 3.42. The zero-order chi connectivity index (χ0) is 15.8. The Morgan fingerprint density at radius 1 is 1.09 bits per heavy atom. The van der Waals surface area contributed by atoms with E-state index in [1.54, 1.807) is 0 Å². The molecule has 5 nitrogen and oxygen atoms in total. The molecule has 0 bridgehead atoms. The van der Waals surface area contributed by atoms with E-state index in [-0.39, 0.29) is 0 Å². The van der Waals surface area contributed by atoms with Crippen LogP contribution in [0.2, 0.25) is 5.02 Å². The molecule has 0 atom stereocenters. The quantitative estimate of drug-likeness (QED) is 0.767. The molecule has 1 aliphatic heterocycles. The third kappa shape index (κ3) is 2.53. The van der Waals surface area contributed by atoms with Gasteiger partial charge >= 0.3 is 0 Å². The molecule has 0 fully saturated rings. The highest BCUT2D eigenvalue weighted by Crippen LogP contribution is 2.36. The normalized spacial score (nSPS) is 13.1. The summed E-state index contributed by atoms with van der Waals surface area (Å²) in [5, 5.41) is 4.91. The van der Waals surface area contributed by atoms with Crippen molar-refractivity contribution >= 4 is 34.0 Å². The van der Waals surface area contributed by atoms with E-state index < -0.39 is 0 Å². The standard InChI is InChI=1S/C17H14ClN3O2/c1-10-12(18)3-2-4-13(10)21-17-11-7-15-16(23-6-5-22-15)8-14(11)19-9-20-17/h2-4,7-9H,5-6H2,1H3,(H,19,20,21). The molecular weight excluding hydrogens is 314 g/mol. The molecule has 1 aromatic heterocycles. The van der Waals surface area contributed by atoms with E-state index >= 15 is 0 Å². The lowest BCUT2D eigenvalue weighted by Gasteiger charge is -2.19. The predicted molar refractivity (Wildman–Crippen MR) is 90.0 cm³/mol. The first kappa shape index (κ1) is 14.1. The lowest BCUT2D eigenvalue weighted by Crippen LogP contribution is -2.15. The van der Waals surface area contributed by atoms with Crippen LogP contribution in [0.3, 0.4) is 0 Å². The summed E-state index contributed by atoms with van der Waals surface area (Å²) in [6.07, 6.45) is 1.53. The van der Waals surface area contributed by atoms with Crippen molar-refractivity contribution in [2.75, 3.05) is 18.5 Å². The van der Waals surface area contributed by atoms with Crippen molar-refractivity contribution in [1.29, 1.82) is 0 Å². The van der Waals surface area contributed by atoms with Crippen LogP contribution in [0.1, 0.15) is 5.56 Å². The van der Waals surface area contributed by atoms with Gasteiger partial charge in [0.15, 0.2) is 11.5 Å². The minimum Gasteiger partial charge on any atom is -0.486 e. The fourth-order valence-corrected chi connectivity index (χ4v) is 2.74. The Balaban J connectivity index is 1.82. The highest BCUT2D eigenvalue weighted by atomic mass is 35.5. The zero-order valence-corrected chi connectivity index (χ0v) is 13.2. The van der Waals surface area contributed by atoms with Crippen LogP contribution in [0.5, 0.6) is 11.5 Å². The highest BCUT2D eigenvalue weighted by Gasteiger charge is 2.15. The summed E-state index contributed by atoms with van der Waals surface area (Å²) in [5.41, 5.74) is 2.68. The molecule has 23 heavy (non-hydrogen) atoms. The molecule has 116 valence electrons. The lowest BCUT2D eigenvalue weighted by molar-refractivity contribution is 0.172. The Labute approximate surface area is 138 Å². The summed E-state index contributed by atoms with van der Waals surface area (Å²) in [5.74, 6) is 2.13. The number of ether oxygens (including phenoxy) is 2. The molecule has 2 heterocycles. The van der Waals surface area contributed by atoms with E-state index in [2.05, 4.69) is 15.3 Å². The van der Waals surface area contributed by atoms with Crippen LogP contribution in [0.4, 0.5) is 11.5 Å². The third-order valence-electron chi connectivity index (χ3n) is 3.82. The van der Waals surface area contributed by atoms with Crippen molar-refractivity contribution in [1.82, 2.24) is 9.97 Å². The number of hydrogen-bond donors (Lipinski definition) is 1. The maximum Gasteiger partial charge on any atom is 0.163 e. The second kappa shape index (κ2) is 5.59. The van der Waals surface area contributed by atoms with Gasteiger partial charge in [-0.3, -0.25) is 0 Å². The van der Waals surface area contributed by atoms with Crippen molar-refractivity contribution in [2.24, 2.45) is 0 Å². The average Bonchev–Trinajstić information content (AvgIpc) is 2.57. The molecule has 3 aromatic rings. The molecule has 2 aromatic carbocycles. The number of nitrogens with one attached hydrogen (secondary N) is 1. The molecule has 0 aliphatic carbocycles. The molecule has 0 saturated carbocycles. The van der Waals surface area contributed by atoms with Crippen LogP contribution in [0.25, 0.3) is 10.9 Å². The second-order valence-electron chi connectivity index (χ2n) is 5.27. The molecule has 0 radical (unpaired) electrons. The van der Waals surface area contributed by atoms with Gasteiger partial charge in [-0.05, 0) is 30.7 Å². The van der Waals surface area contributed by atoms with Crippen molar-refractivity contribution in [3.63, 3.8) is 0 Å². The summed E-state index contributed by atoms with van der Waals surface area (Å²) in [6, 6.07) is 9.52. The van der Waals surface area contributed by atoms with Gasteiger partial charge < -0.3 is 14.8 Å². The molecule has 0 amide bonds. The van der Waals surface area contributed by atoms with E-state index in [0.717, 1.165) is 22.2 Å². The number of rotatable bonds is 2. The summed E-state index contributed by atoms with van der Waals surface area (Å²) < 4.78 is 11.3. The largest absolute Gasteiger partial charge is 0.486 e. The van der Waals surface area contributed by atoms with Gasteiger partial charge in [-0.1, -0.05) is 17.7 Å². The third-order valence-corrected chi connectivity index (χ3v) is 4.23. The van der Waals surface area contributed by atoms with Gasteiger partial charge in [0.1, 0.15) is 25.4 Å². The van der Waals surface area contributed by atoms with Crippen LogP contribution in [-0.4, -0.2) is 23.2 Å². The first-order valence-electron chi connectivity index (χ1n) is 7.29. The summed E-state index contributed by atoms with van der Waals surface area (Å²) in [6.45, 7) is 3.06. The van der Waals surface area contributed by atoms with Gasteiger partial charge in [-0.25, -0.2) is 9.97 Å². The van der Waals surface area contributed by atoms with Crippen molar-refractivity contribution in [2.45, 2.75) is 6.92 Å². The molecule has 4 rings (SSSR count). The smallest absolute Gasteiger partial charge is 0.163 e. The Morgan fingerprint density at radius 3 is 2.70 bits per heavy atom.